The molecule has 1 aromatic heterocycles. The van der Waals surface area contributed by atoms with Crippen molar-refractivity contribution in [1.82, 2.24) is 10.3 Å². The molecule has 0 spiro atoms. The zero-order valence-corrected chi connectivity index (χ0v) is 16.8. The highest BCUT2D eigenvalue weighted by Crippen LogP contribution is 2.24. The summed E-state index contributed by atoms with van der Waals surface area (Å²) in [5, 5.41) is 7.55. The third-order valence-corrected chi connectivity index (χ3v) is 4.21. The quantitative estimate of drug-likeness (QED) is 0.512. The largest absolute Gasteiger partial charge is 0.457 e. The molecular formula is C20H16BrFN4O3. The van der Waals surface area contributed by atoms with Crippen LogP contribution in [-0.2, 0) is 0 Å². The van der Waals surface area contributed by atoms with E-state index in [1.54, 1.807) is 30.3 Å². The van der Waals surface area contributed by atoms with Gasteiger partial charge in [0.15, 0.2) is 0 Å². The summed E-state index contributed by atoms with van der Waals surface area (Å²) in [6, 6.07) is 13.4. The van der Waals surface area contributed by atoms with Gasteiger partial charge in [0.1, 0.15) is 23.0 Å². The van der Waals surface area contributed by atoms with Crippen LogP contribution in [0.3, 0.4) is 0 Å². The molecule has 3 rings (SSSR count). The van der Waals surface area contributed by atoms with Crippen LogP contribution < -0.4 is 20.7 Å². The van der Waals surface area contributed by atoms with Crippen LogP contribution >= 0.6 is 15.9 Å². The Bertz CT molecular complexity index is 1040. The molecule has 0 radical (unpaired) electrons. The van der Waals surface area contributed by atoms with Crippen molar-refractivity contribution >= 4 is 39.2 Å². The smallest absolute Gasteiger partial charge is 0.323 e. The summed E-state index contributed by atoms with van der Waals surface area (Å²) in [5.41, 5.74) is 0.784. The van der Waals surface area contributed by atoms with Crippen LogP contribution in [0.4, 0.5) is 20.6 Å². The minimum absolute atomic E-state index is 0.0569. The Kier molecular flexibility index (Phi) is 6.40. The van der Waals surface area contributed by atoms with Crippen molar-refractivity contribution in [2.45, 2.75) is 0 Å². The van der Waals surface area contributed by atoms with Crippen LogP contribution in [0, 0.1) is 5.82 Å². The fourth-order valence-electron chi connectivity index (χ4n) is 2.35. The van der Waals surface area contributed by atoms with Gasteiger partial charge in [0, 0.05) is 29.5 Å². The van der Waals surface area contributed by atoms with Crippen molar-refractivity contribution in [3.63, 3.8) is 0 Å². The van der Waals surface area contributed by atoms with Gasteiger partial charge in [-0.2, -0.15) is 0 Å². The van der Waals surface area contributed by atoms with Gasteiger partial charge >= 0.3 is 6.03 Å². The fraction of sp³-hybridized carbons (Fsp3) is 0.0500. The monoisotopic (exact) mass is 458 g/mol. The summed E-state index contributed by atoms with van der Waals surface area (Å²) in [6.07, 6.45) is 1.47. The molecule has 3 N–H and O–H groups in total. The molecule has 1 heterocycles. The van der Waals surface area contributed by atoms with E-state index in [4.69, 9.17) is 4.74 Å². The number of hydrogen-bond donors (Lipinski definition) is 3. The summed E-state index contributed by atoms with van der Waals surface area (Å²) < 4.78 is 20.1. The van der Waals surface area contributed by atoms with E-state index in [9.17, 15) is 14.0 Å². The molecule has 0 unspecified atom stereocenters. The van der Waals surface area contributed by atoms with E-state index >= 15 is 0 Å². The SMILES string of the molecule is CNC(=O)c1cc(Oc2ccc(NC(=O)Nc3cc(Br)ccc3F)cc2)ccn1. The number of hydrogen-bond acceptors (Lipinski definition) is 4. The number of urea groups is 1. The number of pyridine rings is 1. The van der Waals surface area contributed by atoms with Crippen molar-refractivity contribution < 1.29 is 18.7 Å². The molecular weight excluding hydrogens is 443 g/mol. The number of ether oxygens (including phenoxy) is 1. The molecule has 3 aromatic rings. The number of amides is 3. The van der Waals surface area contributed by atoms with Crippen molar-refractivity contribution in [2.24, 2.45) is 0 Å². The maximum Gasteiger partial charge on any atom is 0.323 e. The molecule has 0 aliphatic carbocycles. The second-order valence-electron chi connectivity index (χ2n) is 5.79. The molecule has 0 saturated carbocycles. The number of aromatic nitrogens is 1. The predicted octanol–water partition coefficient (Wildman–Crippen LogP) is 4.78. The number of rotatable bonds is 5. The Labute approximate surface area is 174 Å². The average Bonchev–Trinajstić information content (AvgIpc) is 2.72. The Balaban J connectivity index is 1.62. The first-order chi connectivity index (χ1) is 13.9. The van der Waals surface area contributed by atoms with E-state index in [0.29, 0.717) is 21.7 Å². The zero-order chi connectivity index (χ0) is 20.8. The molecule has 0 fully saturated rings. The normalized spacial score (nSPS) is 10.2. The Morgan fingerprint density at radius 3 is 2.48 bits per heavy atom. The van der Waals surface area contributed by atoms with Gasteiger partial charge < -0.3 is 20.7 Å². The topological polar surface area (TPSA) is 92.4 Å². The van der Waals surface area contributed by atoms with Crippen molar-refractivity contribution in [3.05, 3.63) is 76.8 Å². The maximum absolute atomic E-state index is 13.7. The van der Waals surface area contributed by atoms with E-state index in [2.05, 4.69) is 36.9 Å². The molecule has 0 bridgehead atoms. The summed E-state index contributed by atoms with van der Waals surface area (Å²) in [5.74, 6) is 0.0914. The van der Waals surface area contributed by atoms with Gasteiger partial charge in [-0.3, -0.25) is 9.78 Å². The minimum Gasteiger partial charge on any atom is -0.457 e. The van der Waals surface area contributed by atoms with Gasteiger partial charge in [-0.15, -0.1) is 0 Å². The highest BCUT2D eigenvalue weighted by molar-refractivity contribution is 9.10. The second kappa shape index (κ2) is 9.16. The lowest BCUT2D eigenvalue weighted by atomic mass is 10.3. The maximum atomic E-state index is 13.7. The first kappa shape index (κ1) is 20.3. The standard InChI is InChI=1S/C20H16BrFN4O3/c1-23-19(27)18-11-15(8-9-24-18)29-14-5-3-13(4-6-14)25-20(28)26-17-10-12(21)2-7-16(17)22/h2-11H,1H3,(H,23,27)(H2,25,26,28). The third-order valence-electron chi connectivity index (χ3n) is 3.72. The first-order valence-electron chi connectivity index (χ1n) is 8.44. The highest BCUT2D eigenvalue weighted by atomic mass is 79.9. The number of nitrogens with zero attached hydrogens (tertiary/aromatic N) is 1. The lowest BCUT2D eigenvalue weighted by molar-refractivity contribution is 0.0958. The van der Waals surface area contributed by atoms with Crippen LogP contribution in [0.5, 0.6) is 11.5 Å². The van der Waals surface area contributed by atoms with Gasteiger partial charge in [0.2, 0.25) is 0 Å². The summed E-state index contributed by atoms with van der Waals surface area (Å²) >= 11 is 3.23. The molecule has 2 aromatic carbocycles. The molecule has 7 nitrogen and oxygen atoms in total. The molecule has 3 amide bonds. The van der Waals surface area contributed by atoms with Crippen LogP contribution in [0.2, 0.25) is 0 Å². The number of carbonyl (C=O) groups excluding carboxylic acids is 2. The van der Waals surface area contributed by atoms with E-state index < -0.39 is 11.8 Å². The summed E-state index contributed by atoms with van der Waals surface area (Å²) in [7, 11) is 1.52. The van der Waals surface area contributed by atoms with Crippen molar-refractivity contribution in [3.8, 4) is 11.5 Å². The molecule has 9 heteroatoms. The predicted molar refractivity (Wildman–Crippen MR) is 111 cm³/mol. The molecule has 0 atom stereocenters. The van der Waals surface area contributed by atoms with Crippen molar-refractivity contribution in [1.29, 1.82) is 0 Å². The Morgan fingerprint density at radius 1 is 1.00 bits per heavy atom. The minimum atomic E-state index is -0.583. The second-order valence-corrected chi connectivity index (χ2v) is 6.70. The van der Waals surface area contributed by atoms with Gasteiger partial charge in [0.05, 0.1) is 5.69 Å². The highest BCUT2D eigenvalue weighted by Gasteiger charge is 2.09. The van der Waals surface area contributed by atoms with E-state index in [0.717, 1.165) is 0 Å². The molecule has 0 saturated heterocycles. The van der Waals surface area contributed by atoms with E-state index in [1.165, 1.54) is 37.5 Å². The van der Waals surface area contributed by atoms with E-state index in [1.807, 2.05) is 0 Å². The number of benzene rings is 2. The number of carbonyl (C=O) groups is 2. The van der Waals surface area contributed by atoms with Gasteiger partial charge in [-0.05, 0) is 48.5 Å². The van der Waals surface area contributed by atoms with Crippen LogP contribution in [0.1, 0.15) is 10.5 Å². The van der Waals surface area contributed by atoms with Gasteiger partial charge in [0.25, 0.3) is 5.91 Å². The van der Waals surface area contributed by atoms with Gasteiger partial charge in [-0.1, -0.05) is 15.9 Å². The lowest BCUT2D eigenvalue weighted by Gasteiger charge is -2.10. The lowest BCUT2D eigenvalue weighted by Crippen LogP contribution is -2.20. The van der Waals surface area contributed by atoms with Crippen LogP contribution in [0.25, 0.3) is 0 Å². The number of anilines is 2. The summed E-state index contributed by atoms with van der Waals surface area (Å²) in [6.45, 7) is 0. The van der Waals surface area contributed by atoms with Crippen LogP contribution in [0.15, 0.2) is 65.3 Å². The number of nitrogens with one attached hydrogen (secondary N) is 3. The number of halogens is 2. The molecule has 148 valence electrons. The molecule has 29 heavy (non-hydrogen) atoms. The van der Waals surface area contributed by atoms with Gasteiger partial charge in [-0.25, -0.2) is 9.18 Å². The molecule has 0 aliphatic rings. The van der Waals surface area contributed by atoms with Crippen molar-refractivity contribution in [2.75, 3.05) is 17.7 Å². The Morgan fingerprint density at radius 2 is 1.76 bits per heavy atom. The third kappa shape index (κ3) is 5.52. The van der Waals surface area contributed by atoms with Crippen LogP contribution in [-0.4, -0.2) is 24.0 Å². The first-order valence-corrected chi connectivity index (χ1v) is 9.23. The summed E-state index contributed by atoms with van der Waals surface area (Å²) in [4.78, 5) is 27.7. The van der Waals surface area contributed by atoms with E-state index in [-0.39, 0.29) is 17.3 Å². The fourth-order valence-corrected chi connectivity index (χ4v) is 2.71. The Hall–Kier alpha value is -3.46. The average molecular weight is 459 g/mol. The molecule has 0 aliphatic heterocycles. The zero-order valence-electron chi connectivity index (χ0n) is 15.2.